The lowest BCUT2D eigenvalue weighted by Crippen LogP contribution is -2.37. The summed E-state index contributed by atoms with van der Waals surface area (Å²) in [5, 5.41) is 7.58. The molecule has 1 saturated heterocycles. The summed E-state index contributed by atoms with van der Waals surface area (Å²) in [7, 11) is 0. The summed E-state index contributed by atoms with van der Waals surface area (Å²) in [6.45, 7) is 4.56. The molecule has 1 aliphatic rings. The van der Waals surface area contributed by atoms with Gasteiger partial charge in [-0.3, -0.25) is 10.3 Å². The molecule has 0 aliphatic carbocycles. The first-order valence-electron chi connectivity index (χ1n) is 6.78. The van der Waals surface area contributed by atoms with Gasteiger partial charge in [0.25, 0.3) is 0 Å². The number of amidine groups is 1. The summed E-state index contributed by atoms with van der Waals surface area (Å²) >= 11 is 0. The number of rotatable bonds is 4. The van der Waals surface area contributed by atoms with Gasteiger partial charge in [-0.15, -0.1) is 0 Å². The van der Waals surface area contributed by atoms with E-state index in [9.17, 15) is 0 Å². The fourth-order valence-electron chi connectivity index (χ4n) is 2.68. The molecule has 0 amide bonds. The quantitative estimate of drug-likeness (QED) is 0.633. The number of likely N-dealkylation sites (tertiary alicyclic amines) is 1. The van der Waals surface area contributed by atoms with Crippen molar-refractivity contribution >= 4 is 5.84 Å². The zero-order valence-corrected chi connectivity index (χ0v) is 11.1. The van der Waals surface area contributed by atoms with E-state index in [0.29, 0.717) is 6.42 Å². The second-order valence-electron chi connectivity index (χ2n) is 5.37. The molecular formula is C15H23N3. The molecule has 1 fully saturated rings. The molecule has 1 aromatic carbocycles. The maximum atomic E-state index is 7.58. The van der Waals surface area contributed by atoms with E-state index in [1.807, 2.05) is 6.07 Å². The Balaban J connectivity index is 2.12. The Morgan fingerprint density at radius 1 is 1.33 bits per heavy atom. The van der Waals surface area contributed by atoms with Crippen LogP contribution in [0.5, 0.6) is 0 Å². The molecule has 3 heteroatoms. The van der Waals surface area contributed by atoms with Gasteiger partial charge in [0.05, 0.1) is 5.84 Å². The number of nitrogens with zero attached hydrogens (tertiary/aromatic N) is 1. The standard InChI is InChI=1S/C15H23N3/c1-12-7-9-18(10-8-12)14(11-15(16)17)13-5-3-2-4-6-13/h2-6,12,14H,7-11H2,1H3,(H3,16,17). The predicted molar refractivity (Wildman–Crippen MR) is 75.7 cm³/mol. The summed E-state index contributed by atoms with van der Waals surface area (Å²) in [5.74, 6) is 1.11. The topological polar surface area (TPSA) is 53.1 Å². The number of nitrogens with two attached hydrogens (primary N) is 1. The smallest absolute Gasteiger partial charge is 0.0924 e. The zero-order valence-electron chi connectivity index (χ0n) is 11.1. The minimum absolute atomic E-state index is 0.274. The van der Waals surface area contributed by atoms with Crippen LogP contribution in [0.25, 0.3) is 0 Å². The molecule has 0 radical (unpaired) electrons. The average molecular weight is 245 g/mol. The van der Waals surface area contributed by atoms with Crippen molar-refractivity contribution in [3.63, 3.8) is 0 Å². The molecule has 0 aromatic heterocycles. The average Bonchev–Trinajstić information content (AvgIpc) is 2.38. The van der Waals surface area contributed by atoms with Crippen LogP contribution in [0.2, 0.25) is 0 Å². The van der Waals surface area contributed by atoms with Crippen molar-refractivity contribution in [1.82, 2.24) is 4.90 Å². The summed E-state index contributed by atoms with van der Waals surface area (Å²) in [6.07, 6.45) is 3.14. The van der Waals surface area contributed by atoms with Gasteiger partial charge >= 0.3 is 0 Å². The van der Waals surface area contributed by atoms with E-state index in [1.54, 1.807) is 0 Å². The maximum absolute atomic E-state index is 7.58. The van der Waals surface area contributed by atoms with Crippen molar-refractivity contribution in [2.75, 3.05) is 13.1 Å². The minimum atomic E-state index is 0.274. The SMILES string of the molecule is CC1CCN(C(CC(=N)N)c2ccccc2)CC1. The van der Waals surface area contributed by atoms with Crippen molar-refractivity contribution in [2.45, 2.75) is 32.2 Å². The lowest BCUT2D eigenvalue weighted by molar-refractivity contribution is 0.140. The van der Waals surface area contributed by atoms with Gasteiger partial charge in [-0.25, -0.2) is 0 Å². The van der Waals surface area contributed by atoms with E-state index in [1.165, 1.54) is 18.4 Å². The number of benzene rings is 1. The van der Waals surface area contributed by atoms with Gasteiger partial charge in [0.2, 0.25) is 0 Å². The Kier molecular flexibility index (Phi) is 4.37. The van der Waals surface area contributed by atoms with Crippen LogP contribution in [0.1, 0.15) is 37.8 Å². The maximum Gasteiger partial charge on any atom is 0.0924 e. The van der Waals surface area contributed by atoms with Crippen LogP contribution in [-0.2, 0) is 0 Å². The van der Waals surface area contributed by atoms with Crippen molar-refractivity contribution < 1.29 is 0 Å². The summed E-state index contributed by atoms with van der Waals surface area (Å²) < 4.78 is 0. The molecule has 0 saturated carbocycles. The van der Waals surface area contributed by atoms with Gasteiger partial charge in [-0.05, 0) is 37.4 Å². The minimum Gasteiger partial charge on any atom is -0.388 e. The molecule has 3 nitrogen and oxygen atoms in total. The Morgan fingerprint density at radius 2 is 1.94 bits per heavy atom. The van der Waals surface area contributed by atoms with E-state index in [0.717, 1.165) is 19.0 Å². The molecule has 1 atom stereocenters. The third-order valence-electron chi connectivity index (χ3n) is 3.86. The molecule has 3 N–H and O–H groups in total. The molecule has 1 unspecified atom stereocenters. The first-order chi connectivity index (χ1) is 8.66. The highest BCUT2D eigenvalue weighted by molar-refractivity contribution is 5.77. The number of piperidine rings is 1. The first kappa shape index (κ1) is 13.1. The Labute approximate surface area is 109 Å². The van der Waals surface area contributed by atoms with Crippen molar-refractivity contribution in [1.29, 1.82) is 5.41 Å². The summed E-state index contributed by atoms with van der Waals surface area (Å²) in [5.41, 5.74) is 6.90. The second-order valence-corrected chi connectivity index (χ2v) is 5.37. The monoisotopic (exact) mass is 245 g/mol. The lowest BCUT2D eigenvalue weighted by atomic mass is 9.94. The Bertz CT molecular complexity index is 380. The number of hydrogen-bond acceptors (Lipinski definition) is 2. The molecule has 0 spiro atoms. The third-order valence-corrected chi connectivity index (χ3v) is 3.86. The Morgan fingerprint density at radius 3 is 2.50 bits per heavy atom. The molecule has 18 heavy (non-hydrogen) atoms. The highest BCUT2D eigenvalue weighted by Crippen LogP contribution is 2.28. The van der Waals surface area contributed by atoms with Crippen molar-refractivity contribution in [3.05, 3.63) is 35.9 Å². The third kappa shape index (κ3) is 3.33. The van der Waals surface area contributed by atoms with Crippen LogP contribution >= 0.6 is 0 Å². The van der Waals surface area contributed by atoms with Crippen LogP contribution < -0.4 is 5.73 Å². The summed E-state index contributed by atoms with van der Waals surface area (Å²) in [4.78, 5) is 2.48. The highest BCUT2D eigenvalue weighted by Gasteiger charge is 2.24. The fourth-order valence-corrected chi connectivity index (χ4v) is 2.68. The van der Waals surface area contributed by atoms with Gasteiger partial charge in [-0.1, -0.05) is 37.3 Å². The van der Waals surface area contributed by atoms with Gasteiger partial charge < -0.3 is 5.73 Å². The van der Waals surface area contributed by atoms with E-state index in [2.05, 4.69) is 36.1 Å². The first-order valence-corrected chi connectivity index (χ1v) is 6.78. The molecule has 2 rings (SSSR count). The predicted octanol–water partition coefficient (Wildman–Crippen LogP) is 2.79. The van der Waals surface area contributed by atoms with Crippen LogP contribution in [0, 0.1) is 11.3 Å². The highest BCUT2D eigenvalue weighted by atomic mass is 15.2. The molecule has 98 valence electrons. The largest absolute Gasteiger partial charge is 0.388 e. The molecule has 1 aliphatic heterocycles. The van der Waals surface area contributed by atoms with Gasteiger partial charge in [-0.2, -0.15) is 0 Å². The van der Waals surface area contributed by atoms with E-state index < -0.39 is 0 Å². The van der Waals surface area contributed by atoms with E-state index >= 15 is 0 Å². The Hall–Kier alpha value is -1.35. The molecule has 1 aromatic rings. The number of hydrogen-bond donors (Lipinski definition) is 2. The van der Waals surface area contributed by atoms with Crippen molar-refractivity contribution in [3.8, 4) is 0 Å². The van der Waals surface area contributed by atoms with Gasteiger partial charge in [0.1, 0.15) is 0 Å². The normalized spacial score (nSPS) is 19.6. The van der Waals surface area contributed by atoms with E-state index in [4.69, 9.17) is 11.1 Å². The lowest BCUT2D eigenvalue weighted by Gasteiger charge is -2.36. The van der Waals surface area contributed by atoms with Crippen LogP contribution in [0.15, 0.2) is 30.3 Å². The second kappa shape index (κ2) is 6.01. The van der Waals surface area contributed by atoms with Gasteiger partial charge in [0, 0.05) is 12.5 Å². The number of nitrogens with one attached hydrogen (secondary N) is 1. The fraction of sp³-hybridized carbons (Fsp3) is 0.533. The van der Waals surface area contributed by atoms with Gasteiger partial charge in [0.15, 0.2) is 0 Å². The van der Waals surface area contributed by atoms with Crippen molar-refractivity contribution in [2.24, 2.45) is 11.7 Å². The van der Waals surface area contributed by atoms with Crippen LogP contribution in [0.4, 0.5) is 0 Å². The van der Waals surface area contributed by atoms with Crippen LogP contribution in [0.3, 0.4) is 0 Å². The molecule has 0 bridgehead atoms. The molecule has 1 heterocycles. The van der Waals surface area contributed by atoms with E-state index in [-0.39, 0.29) is 11.9 Å². The zero-order chi connectivity index (χ0) is 13.0. The summed E-state index contributed by atoms with van der Waals surface area (Å²) in [6, 6.07) is 10.7. The van der Waals surface area contributed by atoms with Crippen LogP contribution in [-0.4, -0.2) is 23.8 Å². The molecular weight excluding hydrogens is 222 g/mol.